The molecular formula is C14H14O4. The Kier molecular flexibility index (Phi) is 4.15. The summed E-state index contributed by atoms with van der Waals surface area (Å²) in [4.78, 5) is 11.2. The fourth-order valence-corrected chi connectivity index (χ4v) is 1.60. The van der Waals surface area contributed by atoms with Gasteiger partial charge in [0.05, 0.1) is 6.61 Å². The summed E-state index contributed by atoms with van der Waals surface area (Å²) in [5.41, 5.74) is 0. The van der Waals surface area contributed by atoms with Gasteiger partial charge in [-0.1, -0.05) is 30.3 Å². The molecule has 2 aromatic rings. The first-order valence-electron chi connectivity index (χ1n) is 5.67. The molecule has 0 heterocycles. The third kappa shape index (κ3) is 3.21. The van der Waals surface area contributed by atoms with Gasteiger partial charge in [0.1, 0.15) is 12.4 Å². The lowest BCUT2D eigenvalue weighted by molar-refractivity contribution is -0.146. The summed E-state index contributed by atoms with van der Waals surface area (Å²) < 4.78 is 10.0. The number of carbonyl (C=O) groups excluding carboxylic acids is 1. The van der Waals surface area contributed by atoms with Crippen molar-refractivity contribution in [1.29, 1.82) is 0 Å². The lowest BCUT2D eigenvalue weighted by atomic mass is 10.1. The van der Waals surface area contributed by atoms with E-state index in [1.165, 1.54) is 0 Å². The van der Waals surface area contributed by atoms with E-state index in [1.54, 1.807) is 0 Å². The molecule has 1 N–H and O–H groups in total. The monoisotopic (exact) mass is 246 g/mol. The molecule has 4 heteroatoms. The summed E-state index contributed by atoms with van der Waals surface area (Å²) in [5.74, 6) is 0.131. The molecule has 0 aromatic heterocycles. The second-order valence-electron chi connectivity index (χ2n) is 3.74. The van der Waals surface area contributed by atoms with Gasteiger partial charge in [-0.05, 0) is 22.9 Å². The van der Waals surface area contributed by atoms with Crippen molar-refractivity contribution in [3.8, 4) is 5.75 Å². The SMILES string of the molecule is O=C(COc1ccc2ccccc2c1)OCCO. The molecule has 4 nitrogen and oxygen atoms in total. The van der Waals surface area contributed by atoms with Gasteiger partial charge < -0.3 is 14.6 Å². The van der Waals surface area contributed by atoms with Crippen molar-refractivity contribution in [3.63, 3.8) is 0 Å². The zero-order valence-corrected chi connectivity index (χ0v) is 9.83. The van der Waals surface area contributed by atoms with Crippen molar-refractivity contribution in [2.45, 2.75) is 0 Å². The average molecular weight is 246 g/mol. The highest BCUT2D eigenvalue weighted by Crippen LogP contribution is 2.20. The van der Waals surface area contributed by atoms with Gasteiger partial charge in [0.25, 0.3) is 0 Å². The van der Waals surface area contributed by atoms with Crippen molar-refractivity contribution in [3.05, 3.63) is 42.5 Å². The number of esters is 1. The molecule has 0 fully saturated rings. The third-order valence-corrected chi connectivity index (χ3v) is 2.43. The highest BCUT2D eigenvalue weighted by Gasteiger charge is 2.04. The van der Waals surface area contributed by atoms with Gasteiger partial charge in [0.2, 0.25) is 0 Å². The van der Waals surface area contributed by atoms with E-state index in [4.69, 9.17) is 9.84 Å². The Morgan fingerprint density at radius 2 is 1.89 bits per heavy atom. The van der Waals surface area contributed by atoms with Crippen LogP contribution in [0.2, 0.25) is 0 Å². The molecule has 94 valence electrons. The number of carbonyl (C=O) groups is 1. The topological polar surface area (TPSA) is 55.8 Å². The van der Waals surface area contributed by atoms with Crippen LogP contribution >= 0.6 is 0 Å². The van der Waals surface area contributed by atoms with E-state index >= 15 is 0 Å². The van der Waals surface area contributed by atoms with Gasteiger partial charge in [-0.25, -0.2) is 4.79 Å². The van der Waals surface area contributed by atoms with E-state index in [-0.39, 0.29) is 19.8 Å². The minimum Gasteiger partial charge on any atom is -0.482 e. The lowest BCUT2D eigenvalue weighted by Gasteiger charge is -2.07. The summed E-state index contributed by atoms with van der Waals surface area (Å²) in [5, 5.41) is 10.7. The smallest absolute Gasteiger partial charge is 0.344 e. The van der Waals surface area contributed by atoms with Crippen LogP contribution in [0.25, 0.3) is 10.8 Å². The van der Waals surface area contributed by atoms with E-state index in [1.807, 2.05) is 42.5 Å². The molecule has 0 aliphatic heterocycles. The van der Waals surface area contributed by atoms with Crippen LogP contribution in [0.5, 0.6) is 5.75 Å². The van der Waals surface area contributed by atoms with Crippen LogP contribution in [-0.4, -0.2) is 30.9 Å². The minimum absolute atomic E-state index is 0.0000857. The first kappa shape index (κ1) is 12.4. The van der Waals surface area contributed by atoms with Crippen LogP contribution in [0.15, 0.2) is 42.5 Å². The Morgan fingerprint density at radius 3 is 2.67 bits per heavy atom. The van der Waals surface area contributed by atoms with Gasteiger partial charge in [-0.15, -0.1) is 0 Å². The van der Waals surface area contributed by atoms with Crippen LogP contribution in [0.1, 0.15) is 0 Å². The second-order valence-corrected chi connectivity index (χ2v) is 3.74. The van der Waals surface area contributed by atoms with Gasteiger partial charge in [0, 0.05) is 0 Å². The molecule has 18 heavy (non-hydrogen) atoms. The van der Waals surface area contributed by atoms with Crippen molar-refractivity contribution in [2.75, 3.05) is 19.8 Å². The zero-order chi connectivity index (χ0) is 12.8. The number of ether oxygens (including phenoxy) is 2. The molecule has 0 atom stereocenters. The highest BCUT2D eigenvalue weighted by molar-refractivity contribution is 5.83. The van der Waals surface area contributed by atoms with Crippen LogP contribution in [0.4, 0.5) is 0 Å². The molecule has 2 rings (SSSR count). The first-order valence-corrected chi connectivity index (χ1v) is 5.67. The molecule has 0 saturated heterocycles. The fraction of sp³-hybridized carbons (Fsp3) is 0.214. The minimum atomic E-state index is -0.489. The molecule has 0 unspecified atom stereocenters. The maximum absolute atomic E-state index is 11.2. The highest BCUT2D eigenvalue weighted by atomic mass is 16.6. The third-order valence-electron chi connectivity index (χ3n) is 2.43. The van der Waals surface area contributed by atoms with Gasteiger partial charge >= 0.3 is 5.97 Å². The Bertz CT molecular complexity index is 536. The zero-order valence-electron chi connectivity index (χ0n) is 9.83. The standard InChI is InChI=1S/C14H14O4/c15-7-8-17-14(16)10-18-13-6-5-11-3-1-2-4-12(11)9-13/h1-6,9,15H,7-8,10H2. The van der Waals surface area contributed by atoms with Crippen molar-refractivity contribution in [2.24, 2.45) is 0 Å². The van der Waals surface area contributed by atoms with E-state index in [0.29, 0.717) is 5.75 Å². The molecule has 0 aliphatic carbocycles. The maximum atomic E-state index is 11.2. The summed E-state index contributed by atoms with van der Waals surface area (Å²) in [6.45, 7) is -0.333. The number of hydrogen-bond acceptors (Lipinski definition) is 4. The first-order chi connectivity index (χ1) is 8.79. The fourth-order valence-electron chi connectivity index (χ4n) is 1.60. The van der Waals surface area contributed by atoms with Crippen LogP contribution in [0, 0.1) is 0 Å². The van der Waals surface area contributed by atoms with Gasteiger partial charge in [-0.3, -0.25) is 0 Å². The quantitative estimate of drug-likeness (QED) is 0.817. The Hall–Kier alpha value is -2.07. The van der Waals surface area contributed by atoms with Crippen molar-refractivity contribution in [1.82, 2.24) is 0 Å². The number of hydrogen-bond donors (Lipinski definition) is 1. The van der Waals surface area contributed by atoms with E-state index < -0.39 is 5.97 Å². The number of rotatable bonds is 5. The lowest BCUT2D eigenvalue weighted by Crippen LogP contribution is -2.16. The molecule has 0 saturated carbocycles. The number of fused-ring (bicyclic) bond motifs is 1. The van der Waals surface area contributed by atoms with E-state index in [0.717, 1.165) is 10.8 Å². The second kappa shape index (κ2) is 6.02. The summed E-state index contributed by atoms with van der Waals surface area (Å²) in [7, 11) is 0. The molecule has 0 radical (unpaired) electrons. The molecule has 0 aliphatic rings. The van der Waals surface area contributed by atoms with Crippen LogP contribution < -0.4 is 4.74 Å². The number of aliphatic hydroxyl groups is 1. The Morgan fingerprint density at radius 1 is 1.11 bits per heavy atom. The van der Waals surface area contributed by atoms with Crippen LogP contribution in [0.3, 0.4) is 0 Å². The van der Waals surface area contributed by atoms with Gasteiger partial charge in [-0.2, -0.15) is 0 Å². The van der Waals surface area contributed by atoms with E-state index in [2.05, 4.69) is 4.74 Å². The number of aliphatic hydroxyl groups excluding tert-OH is 1. The molecule has 0 amide bonds. The summed E-state index contributed by atoms with van der Waals surface area (Å²) in [6.07, 6.45) is 0. The predicted octanol–water partition coefficient (Wildman–Crippen LogP) is 1.75. The number of benzene rings is 2. The summed E-state index contributed by atoms with van der Waals surface area (Å²) in [6, 6.07) is 13.5. The van der Waals surface area contributed by atoms with E-state index in [9.17, 15) is 4.79 Å². The molecule has 2 aromatic carbocycles. The molecule has 0 spiro atoms. The molecule has 0 bridgehead atoms. The van der Waals surface area contributed by atoms with Crippen molar-refractivity contribution < 1.29 is 19.4 Å². The maximum Gasteiger partial charge on any atom is 0.344 e. The Labute approximate surface area is 105 Å². The predicted molar refractivity (Wildman–Crippen MR) is 67.5 cm³/mol. The average Bonchev–Trinajstić information content (AvgIpc) is 2.42. The largest absolute Gasteiger partial charge is 0.482 e. The van der Waals surface area contributed by atoms with Crippen LogP contribution in [-0.2, 0) is 9.53 Å². The van der Waals surface area contributed by atoms with Gasteiger partial charge in [0.15, 0.2) is 6.61 Å². The van der Waals surface area contributed by atoms with Crippen molar-refractivity contribution >= 4 is 16.7 Å². The molecular weight excluding hydrogens is 232 g/mol. The normalized spacial score (nSPS) is 10.3. The Balaban J connectivity index is 1.97. The summed E-state index contributed by atoms with van der Waals surface area (Å²) >= 11 is 0.